The minimum Gasteiger partial charge on any atom is -0.492 e. The number of anilines is 1. The molecule has 0 radical (unpaired) electrons. The highest BCUT2D eigenvalue weighted by Crippen LogP contribution is 2.40. The van der Waals surface area contributed by atoms with Gasteiger partial charge in [0.1, 0.15) is 5.75 Å². The van der Waals surface area contributed by atoms with Gasteiger partial charge in [-0.25, -0.2) is 0 Å². The van der Waals surface area contributed by atoms with Crippen molar-refractivity contribution in [3.05, 3.63) is 24.3 Å². The van der Waals surface area contributed by atoms with Crippen LogP contribution in [0.25, 0.3) is 0 Å². The molecule has 1 amide bonds. The Bertz CT molecular complexity index is 622. The number of nitrogens with zero attached hydrogens (tertiary/aromatic N) is 2. The summed E-state index contributed by atoms with van der Waals surface area (Å²) in [5.74, 6) is 2.33. The second-order valence-electron chi connectivity index (χ2n) is 9.13. The maximum atomic E-state index is 13.0. The van der Waals surface area contributed by atoms with Crippen LogP contribution >= 0.6 is 0 Å². The number of carbonyl (C=O) groups excluding carboxylic acids is 1. The monoisotopic (exact) mass is 372 g/mol. The molecule has 0 atom stereocenters. The van der Waals surface area contributed by atoms with Gasteiger partial charge in [-0.15, -0.1) is 0 Å². The number of hydrogen-bond acceptors (Lipinski definition) is 3. The molecule has 150 valence electrons. The molecule has 0 unspecified atom stereocenters. The maximum Gasteiger partial charge on any atom is 0.225 e. The van der Waals surface area contributed by atoms with Crippen molar-refractivity contribution in [1.29, 1.82) is 0 Å². The van der Waals surface area contributed by atoms with E-state index in [2.05, 4.69) is 42.7 Å². The Morgan fingerprint density at radius 1 is 1.04 bits per heavy atom. The molecule has 3 rings (SSSR count). The summed E-state index contributed by atoms with van der Waals surface area (Å²) in [6, 6.07) is 8.23. The zero-order valence-electron chi connectivity index (χ0n) is 17.5. The normalized spacial score (nSPS) is 24.0. The van der Waals surface area contributed by atoms with Crippen LogP contribution in [0.4, 0.5) is 5.69 Å². The third-order valence-electron chi connectivity index (χ3n) is 6.40. The van der Waals surface area contributed by atoms with Crippen LogP contribution in [0.2, 0.25) is 0 Å². The summed E-state index contributed by atoms with van der Waals surface area (Å²) in [6.45, 7) is 13.1. The van der Waals surface area contributed by atoms with Crippen LogP contribution in [0, 0.1) is 17.3 Å². The Morgan fingerprint density at radius 3 is 2.26 bits per heavy atom. The first kappa shape index (κ1) is 20.0. The molecular weight excluding hydrogens is 336 g/mol. The summed E-state index contributed by atoms with van der Waals surface area (Å²) < 4.78 is 5.77. The first-order valence-corrected chi connectivity index (χ1v) is 10.7. The fourth-order valence-corrected chi connectivity index (χ4v) is 4.63. The van der Waals surface area contributed by atoms with E-state index in [9.17, 15) is 4.79 Å². The summed E-state index contributed by atoms with van der Waals surface area (Å²) in [5, 5.41) is 0. The van der Waals surface area contributed by atoms with E-state index < -0.39 is 0 Å². The topological polar surface area (TPSA) is 32.8 Å². The molecule has 27 heavy (non-hydrogen) atoms. The lowest BCUT2D eigenvalue weighted by Gasteiger charge is -2.40. The number of rotatable bonds is 4. The minimum atomic E-state index is 0.242. The summed E-state index contributed by atoms with van der Waals surface area (Å²) >= 11 is 0. The highest BCUT2D eigenvalue weighted by Gasteiger charge is 2.34. The van der Waals surface area contributed by atoms with Gasteiger partial charge in [-0.05, 0) is 56.1 Å². The second-order valence-corrected chi connectivity index (χ2v) is 9.13. The number of ether oxygens (including phenoxy) is 1. The summed E-state index contributed by atoms with van der Waals surface area (Å²) in [7, 11) is 0. The predicted octanol–water partition coefficient (Wildman–Crippen LogP) is 4.59. The van der Waals surface area contributed by atoms with Gasteiger partial charge in [0.05, 0.1) is 12.3 Å². The summed E-state index contributed by atoms with van der Waals surface area (Å²) in [6.07, 6.45) is 4.52. The molecular formula is C23H36N2O2. The average Bonchev–Trinajstić information content (AvgIpc) is 2.68. The van der Waals surface area contributed by atoms with Crippen molar-refractivity contribution in [3.8, 4) is 5.75 Å². The van der Waals surface area contributed by atoms with E-state index in [-0.39, 0.29) is 5.92 Å². The standard InChI is InChI=1S/C23H36N2O2/c1-5-27-21-9-7-6-8-20(21)24-14-16-25(17-15-24)22(26)18-10-12-19(13-11-18)23(2,3)4/h6-9,18-19H,5,10-17H2,1-4H3. The second kappa shape index (κ2) is 8.53. The maximum absolute atomic E-state index is 13.0. The van der Waals surface area contributed by atoms with E-state index in [1.165, 1.54) is 12.8 Å². The van der Waals surface area contributed by atoms with E-state index in [0.717, 1.165) is 56.4 Å². The fraction of sp³-hybridized carbons (Fsp3) is 0.696. The highest BCUT2D eigenvalue weighted by molar-refractivity contribution is 5.79. The molecule has 2 aliphatic rings. The smallest absolute Gasteiger partial charge is 0.225 e. The molecule has 1 saturated heterocycles. The number of carbonyl (C=O) groups is 1. The SMILES string of the molecule is CCOc1ccccc1N1CCN(C(=O)C2CCC(C(C)(C)C)CC2)CC1. The number of amides is 1. The molecule has 0 bridgehead atoms. The highest BCUT2D eigenvalue weighted by atomic mass is 16.5. The zero-order chi connectivity index (χ0) is 19.4. The molecule has 1 aliphatic heterocycles. The van der Waals surface area contributed by atoms with Crippen molar-refractivity contribution in [2.45, 2.75) is 53.4 Å². The molecule has 4 nitrogen and oxygen atoms in total. The average molecular weight is 373 g/mol. The lowest BCUT2D eigenvalue weighted by atomic mass is 9.69. The van der Waals surface area contributed by atoms with Crippen LogP contribution in [0.1, 0.15) is 53.4 Å². The Kier molecular flexibility index (Phi) is 6.33. The van der Waals surface area contributed by atoms with E-state index >= 15 is 0 Å². The predicted molar refractivity (Wildman–Crippen MR) is 111 cm³/mol. The Labute approximate surface area is 164 Å². The van der Waals surface area contributed by atoms with Gasteiger partial charge in [0.25, 0.3) is 0 Å². The lowest BCUT2D eigenvalue weighted by molar-refractivity contribution is -0.137. The van der Waals surface area contributed by atoms with Crippen LogP contribution in [-0.2, 0) is 4.79 Å². The molecule has 1 aromatic carbocycles. The zero-order valence-corrected chi connectivity index (χ0v) is 17.5. The van der Waals surface area contributed by atoms with E-state index in [1.807, 2.05) is 19.1 Å². The molecule has 1 saturated carbocycles. The van der Waals surface area contributed by atoms with E-state index in [4.69, 9.17) is 4.74 Å². The molecule has 1 aliphatic carbocycles. The molecule has 2 fully saturated rings. The molecule has 1 heterocycles. The van der Waals surface area contributed by atoms with Gasteiger partial charge >= 0.3 is 0 Å². The minimum absolute atomic E-state index is 0.242. The van der Waals surface area contributed by atoms with Crippen molar-refractivity contribution >= 4 is 11.6 Å². The van der Waals surface area contributed by atoms with Crippen molar-refractivity contribution in [3.63, 3.8) is 0 Å². The van der Waals surface area contributed by atoms with Gasteiger partial charge in [0, 0.05) is 32.1 Å². The molecule has 4 heteroatoms. The number of piperazine rings is 1. The van der Waals surface area contributed by atoms with Gasteiger partial charge in [-0.1, -0.05) is 32.9 Å². The van der Waals surface area contributed by atoms with E-state index in [1.54, 1.807) is 0 Å². The molecule has 0 spiro atoms. The van der Waals surface area contributed by atoms with Crippen LogP contribution in [-0.4, -0.2) is 43.6 Å². The Hall–Kier alpha value is -1.71. The molecule has 0 N–H and O–H groups in total. The fourth-order valence-electron chi connectivity index (χ4n) is 4.63. The third kappa shape index (κ3) is 4.77. The lowest BCUT2D eigenvalue weighted by Crippen LogP contribution is -2.51. The van der Waals surface area contributed by atoms with Gasteiger partial charge < -0.3 is 14.5 Å². The largest absolute Gasteiger partial charge is 0.492 e. The Balaban J connectivity index is 1.53. The van der Waals surface area contributed by atoms with Gasteiger partial charge in [0.15, 0.2) is 0 Å². The van der Waals surface area contributed by atoms with Crippen molar-refractivity contribution in [2.24, 2.45) is 17.3 Å². The van der Waals surface area contributed by atoms with Crippen molar-refractivity contribution in [2.75, 3.05) is 37.7 Å². The summed E-state index contributed by atoms with van der Waals surface area (Å²) in [5.41, 5.74) is 1.52. The van der Waals surface area contributed by atoms with Gasteiger partial charge in [-0.2, -0.15) is 0 Å². The van der Waals surface area contributed by atoms with Crippen molar-refractivity contribution in [1.82, 2.24) is 4.90 Å². The van der Waals surface area contributed by atoms with E-state index in [0.29, 0.717) is 17.9 Å². The Morgan fingerprint density at radius 2 is 1.67 bits per heavy atom. The first-order valence-electron chi connectivity index (χ1n) is 10.7. The molecule has 0 aromatic heterocycles. The van der Waals surface area contributed by atoms with Gasteiger partial charge in [-0.3, -0.25) is 4.79 Å². The first-order chi connectivity index (χ1) is 12.9. The van der Waals surface area contributed by atoms with Crippen LogP contribution in [0.5, 0.6) is 5.75 Å². The van der Waals surface area contributed by atoms with Gasteiger partial charge in [0.2, 0.25) is 5.91 Å². The molecule has 1 aromatic rings. The van der Waals surface area contributed by atoms with Crippen LogP contribution < -0.4 is 9.64 Å². The quantitative estimate of drug-likeness (QED) is 0.775. The third-order valence-corrected chi connectivity index (χ3v) is 6.40. The number of hydrogen-bond donors (Lipinski definition) is 0. The van der Waals surface area contributed by atoms with Crippen molar-refractivity contribution < 1.29 is 9.53 Å². The number of benzene rings is 1. The summed E-state index contributed by atoms with van der Waals surface area (Å²) in [4.78, 5) is 17.5. The van der Waals surface area contributed by atoms with Crippen LogP contribution in [0.3, 0.4) is 0 Å². The number of para-hydroxylation sites is 2. The van der Waals surface area contributed by atoms with Crippen LogP contribution in [0.15, 0.2) is 24.3 Å².